The van der Waals surface area contributed by atoms with Crippen LogP contribution in [-0.2, 0) is 16.6 Å². The molecule has 0 aromatic heterocycles. The van der Waals surface area contributed by atoms with Crippen molar-refractivity contribution in [3.63, 3.8) is 0 Å². The van der Waals surface area contributed by atoms with Gasteiger partial charge in [0.1, 0.15) is 24.0 Å². The Morgan fingerprint density at radius 3 is 2.40 bits per heavy atom. The summed E-state index contributed by atoms with van der Waals surface area (Å²) in [6.45, 7) is 2.00. The van der Waals surface area contributed by atoms with Gasteiger partial charge >= 0.3 is 0 Å². The minimum absolute atomic E-state index is 0.107. The highest BCUT2D eigenvalue weighted by atomic mass is 32.2. The minimum Gasteiger partial charge on any atom is -0.488 e. The van der Waals surface area contributed by atoms with E-state index in [4.69, 9.17) is 4.74 Å². The van der Waals surface area contributed by atoms with E-state index in [1.165, 1.54) is 24.3 Å². The second kappa shape index (κ2) is 7.57. The smallest absolute Gasteiger partial charge is 0.229 e. The summed E-state index contributed by atoms with van der Waals surface area (Å²) in [7, 11) is -3.43. The number of allylic oxidation sites excluding steroid dienone is 1. The van der Waals surface area contributed by atoms with Gasteiger partial charge in [0.25, 0.3) is 0 Å². The van der Waals surface area contributed by atoms with Crippen molar-refractivity contribution >= 4 is 26.9 Å². The molecule has 4 rings (SSSR count). The van der Waals surface area contributed by atoms with E-state index in [1.807, 2.05) is 13.0 Å². The van der Waals surface area contributed by atoms with E-state index in [-0.39, 0.29) is 12.4 Å². The molecule has 3 aromatic carbocycles. The number of halogens is 2. The summed E-state index contributed by atoms with van der Waals surface area (Å²) < 4.78 is 59.2. The Hall–Kier alpha value is -3.19. The van der Waals surface area contributed by atoms with E-state index in [1.54, 1.807) is 30.3 Å². The molecule has 0 radical (unpaired) electrons. The van der Waals surface area contributed by atoms with Gasteiger partial charge in [0.05, 0.1) is 6.26 Å². The number of sulfonamides is 1. The number of fused-ring (bicyclic) bond motifs is 2. The third-order valence-corrected chi connectivity index (χ3v) is 5.51. The first kappa shape index (κ1) is 20.1. The van der Waals surface area contributed by atoms with Crippen LogP contribution in [0.15, 0.2) is 60.7 Å². The molecule has 1 heterocycles. The third kappa shape index (κ3) is 4.07. The van der Waals surface area contributed by atoms with Gasteiger partial charge in [-0.25, -0.2) is 17.2 Å². The number of benzene rings is 3. The molecule has 3 aromatic rings. The van der Waals surface area contributed by atoms with Crippen molar-refractivity contribution in [3.05, 3.63) is 94.6 Å². The Bertz CT molecular complexity index is 1230. The number of ether oxygens (including phenoxy) is 1. The molecule has 0 saturated heterocycles. The van der Waals surface area contributed by atoms with Crippen LogP contribution in [0.2, 0.25) is 0 Å². The SMILES string of the molecule is CC(=C1c2ccc(F)cc2COc2cc(F)ccc21)c1cccc(NS(C)(=O)=O)c1. The van der Waals surface area contributed by atoms with Crippen molar-refractivity contribution in [1.29, 1.82) is 0 Å². The van der Waals surface area contributed by atoms with Gasteiger partial charge in [0.15, 0.2) is 0 Å². The molecular formula is C23H19F2NO3S. The summed E-state index contributed by atoms with van der Waals surface area (Å²) in [5, 5.41) is 0. The largest absolute Gasteiger partial charge is 0.488 e. The Morgan fingerprint density at radius 2 is 1.67 bits per heavy atom. The molecule has 154 valence electrons. The maximum absolute atomic E-state index is 13.9. The molecule has 0 unspecified atom stereocenters. The standard InChI is InChI=1S/C23H19F2NO3S/c1-14(15-4-3-5-19(11-15)26-30(2,27)28)23-20-8-6-17(24)10-16(20)13-29-22-12-18(25)7-9-21(22)23/h3-12,26H,13H2,1-2H3. The number of hydrogen-bond donors (Lipinski definition) is 1. The molecule has 7 heteroatoms. The van der Waals surface area contributed by atoms with Gasteiger partial charge < -0.3 is 4.74 Å². The van der Waals surface area contributed by atoms with Crippen molar-refractivity contribution in [2.24, 2.45) is 0 Å². The van der Waals surface area contributed by atoms with Crippen molar-refractivity contribution < 1.29 is 21.9 Å². The average Bonchev–Trinajstić information content (AvgIpc) is 2.82. The van der Waals surface area contributed by atoms with Crippen LogP contribution in [0, 0.1) is 11.6 Å². The van der Waals surface area contributed by atoms with E-state index >= 15 is 0 Å². The summed E-state index contributed by atoms with van der Waals surface area (Å²) in [6.07, 6.45) is 1.09. The highest BCUT2D eigenvalue weighted by molar-refractivity contribution is 7.92. The molecule has 30 heavy (non-hydrogen) atoms. The molecule has 0 aliphatic carbocycles. The number of anilines is 1. The Kier molecular flexibility index (Phi) is 5.07. The molecule has 0 fully saturated rings. The zero-order chi connectivity index (χ0) is 21.5. The van der Waals surface area contributed by atoms with E-state index in [2.05, 4.69) is 4.72 Å². The molecule has 0 atom stereocenters. The summed E-state index contributed by atoms with van der Waals surface area (Å²) in [5.41, 5.74) is 4.89. The van der Waals surface area contributed by atoms with E-state index in [0.29, 0.717) is 22.6 Å². The monoisotopic (exact) mass is 427 g/mol. The number of nitrogens with one attached hydrogen (secondary N) is 1. The topological polar surface area (TPSA) is 55.4 Å². The van der Waals surface area contributed by atoms with Crippen LogP contribution >= 0.6 is 0 Å². The predicted molar refractivity (Wildman–Crippen MR) is 114 cm³/mol. The molecule has 0 saturated carbocycles. The van der Waals surface area contributed by atoms with Gasteiger partial charge in [-0.1, -0.05) is 18.2 Å². The van der Waals surface area contributed by atoms with E-state index in [9.17, 15) is 17.2 Å². The lowest BCUT2D eigenvalue weighted by Gasteiger charge is -2.16. The summed E-state index contributed by atoms with van der Waals surface area (Å²) in [5.74, 6) is -0.445. The maximum Gasteiger partial charge on any atom is 0.229 e. The van der Waals surface area contributed by atoms with E-state index < -0.39 is 15.8 Å². The fourth-order valence-corrected chi connectivity index (χ4v) is 4.18. The quantitative estimate of drug-likeness (QED) is 0.625. The van der Waals surface area contributed by atoms with Crippen molar-refractivity contribution in [1.82, 2.24) is 0 Å². The number of rotatable bonds is 3. The maximum atomic E-state index is 13.9. The van der Waals surface area contributed by atoms with Crippen LogP contribution < -0.4 is 9.46 Å². The van der Waals surface area contributed by atoms with Crippen LogP contribution in [0.3, 0.4) is 0 Å². The fourth-order valence-electron chi connectivity index (χ4n) is 3.63. The second-order valence-electron chi connectivity index (χ2n) is 7.19. The summed E-state index contributed by atoms with van der Waals surface area (Å²) in [4.78, 5) is 0. The first-order chi connectivity index (χ1) is 14.2. The second-order valence-corrected chi connectivity index (χ2v) is 8.93. The fraction of sp³-hybridized carbons (Fsp3) is 0.130. The van der Waals surface area contributed by atoms with Crippen LogP contribution in [0.25, 0.3) is 11.1 Å². The first-order valence-electron chi connectivity index (χ1n) is 9.22. The zero-order valence-electron chi connectivity index (χ0n) is 16.4. The molecule has 1 N–H and O–H groups in total. The average molecular weight is 427 g/mol. The minimum atomic E-state index is -3.43. The normalized spacial score (nSPS) is 14.8. The summed E-state index contributed by atoms with van der Waals surface area (Å²) >= 11 is 0. The Morgan fingerprint density at radius 1 is 0.967 bits per heavy atom. The number of hydrogen-bond acceptors (Lipinski definition) is 3. The Labute approximate surface area is 173 Å². The Balaban J connectivity index is 1.96. The van der Waals surface area contributed by atoms with Gasteiger partial charge in [-0.05, 0) is 65.6 Å². The van der Waals surface area contributed by atoms with Crippen molar-refractivity contribution in [2.75, 3.05) is 11.0 Å². The van der Waals surface area contributed by atoms with Gasteiger partial charge in [-0.15, -0.1) is 0 Å². The molecular weight excluding hydrogens is 408 g/mol. The van der Waals surface area contributed by atoms with Gasteiger partial charge in [-0.2, -0.15) is 0 Å². The third-order valence-electron chi connectivity index (χ3n) is 4.91. The first-order valence-corrected chi connectivity index (χ1v) is 11.1. The van der Waals surface area contributed by atoms with Gasteiger partial charge in [-0.3, -0.25) is 4.72 Å². The van der Waals surface area contributed by atoms with E-state index in [0.717, 1.165) is 28.5 Å². The molecule has 0 spiro atoms. The summed E-state index contributed by atoms with van der Waals surface area (Å²) in [6, 6.07) is 15.8. The van der Waals surface area contributed by atoms with Crippen LogP contribution in [0.5, 0.6) is 5.75 Å². The zero-order valence-corrected chi connectivity index (χ0v) is 17.2. The van der Waals surface area contributed by atoms with Crippen LogP contribution in [0.1, 0.15) is 29.2 Å². The predicted octanol–water partition coefficient (Wildman–Crippen LogP) is 5.21. The lowest BCUT2D eigenvalue weighted by molar-refractivity contribution is 0.305. The van der Waals surface area contributed by atoms with Gasteiger partial charge in [0.2, 0.25) is 10.0 Å². The van der Waals surface area contributed by atoms with Crippen molar-refractivity contribution in [2.45, 2.75) is 13.5 Å². The van der Waals surface area contributed by atoms with Crippen LogP contribution in [-0.4, -0.2) is 14.7 Å². The molecule has 0 bridgehead atoms. The molecule has 0 amide bonds. The molecule has 1 aliphatic heterocycles. The molecule has 4 nitrogen and oxygen atoms in total. The highest BCUT2D eigenvalue weighted by Gasteiger charge is 2.23. The highest BCUT2D eigenvalue weighted by Crippen LogP contribution is 2.41. The lowest BCUT2D eigenvalue weighted by atomic mass is 9.88. The van der Waals surface area contributed by atoms with Crippen molar-refractivity contribution in [3.8, 4) is 5.75 Å². The van der Waals surface area contributed by atoms with Crippen LogP contribution in [0.4, 0.5) is 14.5 Å². The lowest BCUT2D eigenvalue weighted by Crippen LogP contribution is -2.09. The molecule has 1 aliphatic rings. The van der Waals surface area contributed by atoms with Gasteiger partial charge in [0, 0.05) is 22.9 Å².